The maximum absolute atomic E-state index is 13.0. The Kier molecular flexibility index (Phi) is 5.33. The molecule has 0 unspecified atom stereocenters. The molecule has 1 heterocycles. The van der Waals surface area contributed by atoms with Gasteiger partial charge < -0.3 is 9.73 Å². The number of furan rings is 1. The molecular formula is C15H14ClF3N2O2. The highest BCUT2D eigenvalue weighted by molar-refractivity contribution is 6.30. The molecule has 4 nitrogen and oxygen atoms in total. The van der Waals surface area contributed by atoms with Gasteiger partial charge in [-0.2, -0.15) is 13.2 Å². The van der Waals surface area contributed by atoms with Gasteiger partial charge in [-0.15, -0.1) is 0 Å². The summed E-state index contributed by atoms with van der Waals surface area (Å²) in [7, 11) is 1.66. The number of hydrogen-bond donors (Lipinski definition) is 1. The van der Waals surface area contributed by atoms with E-state index in [1.165, 1.54) is 12.3 Å². The van der Waals surface area contributed by atoms with Crippen molar-refractivity contribution in [2.45, 2.75) is 12.7 Å². The number of likely N-dealkylation sites (N-methyl/N-ethyl adjacent to an activating group) is 1. The van der Waals surface area contributed by atoms with E-state index in [9.17, 15) is 18.0 Å². The Hall–Kier alpha value is -1.99. The second kappa shape index (κ2) is 7.06. The molecule has 0 atom stereocenters. The molecule has 1 N–H and O–H groups in total. The summed E-state index contributed by atoms with van der Waals surface area (Å²) < 4.78 is 44.0. The smallest absolute Gasteiger partial charge is 0.418 e. The summed E-state index contributed by atoms with van der Waals surface area (Å²) in [6.45, 7) is 0.286. The minimum absolute atomic E-state index is 0.0507. The first-order valence-electron chi connectivity index (χ1n) is 6.63. The molecule has 0 bridgehead atoms. The van der Waals surface area contributed by atoms with Crippen molar-refractivity contribution < 1.29 is 22.4 Å². The van der Waals surface area contributed by atoms with Gasteiger partial charge in [0, 0.05) is 5.02 Å². The summed E-state index contributed by atoms with van der Waals surface area (Å²) in [5, 5.41) is 2.21. The van der Waals surface area contributed by atoms with Crippen LogP contribution < -0.4 is 5.32 Å². The normalized spacial score (nSPS) is 11.7. The van der Waals surface area contributed by atoms with Gasteiger partial charge in [0.15, 0.2) is 0 Å². The molecule has 8 heteroatoms. The summed E-state index contributed by atoms with van der Waals surface area (Å²) >= 11 is 5.59. The van der Waals surface area contributed by atoms with Gasteiger partial charge in [0.1, 0.15) is 5.76 Å². The third kappa shape index (κ3) is 5.01. The first-order chi connectivity index (χ1) is 10.8. The summed E-state index contributed by atoms with van der Waals surface area (Å²) in [5.41, 5.74) is -1.30. The molecular weight excluding hydrogens is 333 g/mol. The fourth-order valence-corrected chi connectivity index (χ4v) is 2.19. The van der Waals surface area contributed by atoms with E-state index in [0.29, 0.717) is 12.3 Å². The molecule has 0 radical (unpaired) electrons. The first kappa shape index (κ1) is 17.4. The maximum atomic E-state index is 13.0. The van der Waals surface area contributed by atoms with Crippen LogP contribution >= 0.6 is 11.6 Å². The number of alkyl halides is 3. The van der Waals surface area contributed by atoms with E-state index < -0.39 is 17.6 Å². The van der Waals surface area contributed by atoms with Crippen LogP contribution in [0.1, 0.15) is 11.3 Å². The molecule has 0 fully saturated rings. The first-order valence-corrected chi connectivity index (χ1v) is 7.01. The van der Waals surface area contributed by atoms with Crippen LogP contribution in [0.25, 0.3) is 0 Å². The summed E-state index contributed by atoms with van der Waals surface area (Å²) in [5.74, 6) is 0.0923. The minimum atomic E-state index is -4.60. The van der Waals surface area contributed by atoms with Crippen LogP contribution in [0.3, 0.4) is 0 Å². The molecule has 2 aromatic rings. The highest BCUT2D eigenvalue weighted by Crippen LogP contribution is 2.36. The average molecular weight is 347 g/mol. The van der Waals surface area contributed by atoms with Gasteiger partial charge in [-0.3, -0.25) is 9.69 Å². The van der Waals surface area contributed by atoms with Gasteiger partial charge in [0.05, 0.1) is 30.6 Å². The predicted molar refractivity (Wildman–Crippen MR) is 80.1 cm³/mol. The van der Waals surface area contributed by atoms with Crippen molar-refractivity contribution in [2.75, 3.05) is 18.9 Å². The lowest BCUT2D eigenvalue weighted by Gasteiger charge is -2.17. The van der Waals surface area contributed by atoms with Crippen LogP contribution in [0.2, 0.25) is 5.02 Å². The lowest BCUT2D eigenvalue weighted by atomic mass is 10.1. The SMILES string of the molecule is CN(CC(=O)Nc1ccc(Cl)cc1C(F)(F)F)Cc1ccco1. The molecule has 0 aliphatic rings. The molecule has 0 saturated carbocycles. The third-order valence-electron chi connectivity index (χ3n) is 2.98. The number of halogens is 4. The molecule has 0 aliphatic carbocycles. The topological polar surface area (TPSA) is 45.5 Å². The number of nitrogens with one attached hydrogen (secondary N) is 1. The van der Waals surface area contributed by atoms with Crippen molar-refractivity contribution in [2.24, 2.45) is 0 Å². The second-order valence-electron chi connectivity index (χ2n) is 4.99. The molecule has 0 saturated heterocycles. The van der Waals surface area contributed by atoms with Crippen LogP contribution in [0.15, 0.2) is 41.0 Å². The zero-order chi connectivity index (χ0) is 17.0. The molecule has 1 aromatic heterocycles. The molecule has 124 valence electrons. The van der Waals surface area contributed by atoms with Crippen molar-refractivity contribution >= 4 is 23.2 Å². The molecule has 1 amide bonds. The molecule has 2 rings (SSSR count). The maximum Gasteiger partial charge on any atom is 0.418 e. The highest BCUT2D eigenvalue weighted by Gasteiger charge is 2.34. The van der Waals surface area contributed by atoms with Crippen molar-refractivity contribution in [3.05, 3.63) is 52.9 Å². The van der Waals surface area contributed by atoms with Gasteiger partial charge >= 0.3 is 6.18 Å². The van der Waals surface area contributed by atoms with Gasteiger partial charge in [-0.05, 0) is 37.4 Å². The van der Waals surface area contributed by atoms with E-state index in [1.807, 2.05) is 0 Å². The Morgan fingerprint density at radius 3 is 2.70 bits per heavy atom. The number of benzene rings is 1. The van der Waals surface area contributed by atoms with Crippen LogP contribution in [0.4, 0.5) is 18.9 Å². The molecule has 23 heavy (non-hydrogen) atoms. The minimum Gasteiger partial charge on any atom is -0.468 e. The van der Waals surface area contributed by atoms with E-state index in [0.717, 1.165) is 12.1 Å². The molecule has 1 aromatic carbocycles. The zero-order valence-electron chi connectivity index (χ0n) is 12.2. The quantitative estimate of drug-likeness (QED) is 0.889. The standard InChI is InChI=1S/C15H14ClF3N2O2/c1-21(8-11-3-2-6-23-11)9-14(22)20-13-5-4-10(16)7-12(13)15(17,18)19/h2-7H,8-9H2,1H3,(H,20,22). The number of carbonyl (C=O) groups is 1. The Morgan fingerprint density at radius 1 is 1.35 bits per heavy atom. The largest absolute Gasteiger partial charge is 0.468 e. The molecule has 0 spiro atoms. The van der Waals surface area contributed by atoms with Gasteiger partial charge in [0.2, 0.25) is 5.91 Å². The Morgan fingerprint density at radius 2 is 2.09 bits per heavy atom. The van der Waals surface area contributed by atoms with Crippen molar-refractivity contribution in [1.82, 2.24) is 4.90 Å². The lowest BCUT2D eigenvalue weighted by Crippen LogP contribution is -2.30. The molecule has 0 aliphatic heterocycles. The Balaban J connectivity index is 2.03. The van der Waals surface area contributed by atoms with Crippen LogP contribution in [0, 0.1) is 0 Å². The van der Waals surface area contributed by atoms with Gasteiger partial charge in [0.25, 0.3) is 0 Å². The number of rotatable bonds is 5. The van der Waals surface area contributed by atoms with E-state index in [4.69, 9.17) is 16.0 Å². The Bertz CT molecular complexity index is 672. The van der Waals surface area contributed by atoms with Crippen LogP contribution in [0.5, 0.6) is 0 Å². The van der Waals surface area contributed by atoms with E-state index >= 15 is 0 Å². The van der Waals surface area contributed by atoms with Gasteiger partial charge in [-0.1, -0.05) is 11.6 Å². The number of carbonyl (C=O) groups excluding carboxylic acids is 1. The second-order valence-corrected chi connectivity index (χ2v) is 5.42. The van der Waals surface area contributed by atoms with Crippen LogP contribution in [-0.2, 0) is 17.5 Å². The Labute approximate surface area is 135 Å². The van der Waals surface area contributed by atoms with Gasteiger partial charge in [-0.25, -0.2) is 0 Å². The summed E-state index contributed by atoms with van der Waals surface area (Å²) in [6.07, 6.45) is -3.10. The van der Waals surface area contributed by atoms with E-state index in [1.54, 1.807) is 24.1 Å². The zero-order valence-corrected chi connectivity index (χ0v) is 12.9. The summed E-state index contributed by atoms with van der Waals surface area (Å²) in [6, 6.07) is 6.67. The summed E-state index contributed by atoms with van der Waals surface area (Å²) in [4.78, 5) is 13.6. The third-order valence-corrected chi connectivity index (χ3v) is 3.22. The van der Waals surface area contributed by atoms with Crippen molar-refractivity contribution in [3.8, 4) is 0 Å². The monoisotopic (exact) mass is 346 g/mol. The van der Waals surface area contributed by atoms with Crippen molar-refractivity contribution in [3.63, 3.8) is 0 Å². The lowest BCUT2D eigenvalue weighted by molar-refractivity contribution is -0.137. The van der Waals surface area contributed by atoms with E-state index in [-0.39, 0.29) is 17.3 Å². The number of amides is 1. The number of anilines is 1. The van der Waals surface area contributed by atoms with E-state index in [2.05, 4.69) is 5.32 Å². The fraction of sp³-hybridized carbons (Fsp3) is 0.267. The number of nitrogens with zero attached hydrogens (tertiary/aromatic N) is 1. The average Bonchev–Trinajstić information content (AvgIpc) is 2.92. The predicted octanol–water partition coefficient (Wildman–Crippen LogP) is 4.02. The fourth-order valence-electron chi connectivity index (χ4n) is 2.02. The van der Waals surface area contributed by atoms with Crippen molar-refractivity contribution in [1.29, 1.82) is 0 Å². The highest BCUT2D eigenvalue weighted by atomic mass is 35.5. The number of hydrogen-bond acceptors (Lipinski definition) is 3. The van der Waals surface area contributed by atoms with Crippen LogP contribution in [-0.4, -0.2) is 24.4 Å².